The number of aliphatic hydroxyl groups excluding tert-OH is 1. The van der Waals surface area contributed by atoms with Crippen LogP contribution in [0.25, 0.3) is 0 Å². The molecule has 0 spiro atoms. The topological polar surface area (TPSA) is 66.4 Å². The van der Waals surface area contributed by atoms with Crippen LogP contribution in [0, 0.1) is 6.92 Å². The standard InChI is InChI=1S/C16H27NO3S/c1-6-14(9-10-18)17-21(19,20)15-11-13(16(3,4)5)8-7-12(15)2/h7-8,11,14,17-18H,6,9-10H2,1-5H3. The minimum atomic E-state index is -3.57. The summed E-state index contributed by atoms with van der Waals surface area (Å²) < 4.78 is 27.9. The highest BCUT2D eigenvalue weighted by molar-refractivity contribution is 7.89. The Morgan fingerprint density at radius 1 is 1.29 bits per heavy atom. The summed E-state index contributed by atoms with van der Waals surface area (Å²) in [5, 5.41) is 9.01. The van der Waals surface area contributed by atoms with Crippen molar-refractivity contribution < 1.29 is 13.5 Å². The Hall–Kier alpha value is -0.910. The van der Waals surface area contributed by atoms with Gasteiger partial charge in [0.2, 0.25) is 10.0 Å². The van der Waals surface area contributed by atoms with Crippen molar-refractivity contribution in [3.63, 3.8) is 0 Å². The molecule has 0 fully saturated rings. The van der Waals surface area contributed by atoms with Crippen molar-refractivity contribution in [2.24, 2.45) is 0 Å². The largest absolute Gasteiger partial charge is 0.396 e. The molecule has 1 rings (SSSR count). The lowest BCUT2D eigenvalue weighted by atomic mass is 9.87. The van der Waals surface area contributed by atoms with E-state index in [0.717, 1.165) is 11.1 Å². The fourth-order valence-corrected chi connectivity index (χ4v) is 3.77. The van der Waals surface area contributed by atoms with Gasteiger partial charge in [-0.05, 0) is 42.4 Å². The van der Waals surface area contributed by atoms with E-state index in [1.54, 1.807) is 13.0 Å². The highest BCUT2D eigenvalue weighted by Gasteiger charge is 2.23. The average Bonchev–Trinajstić information content (AvgIpc) is 2.36. The molecule has 0 aliphatic carbocycles. The molecule has 120 valence electrons. The Bertz CT molecular complexity index is 574. The van der Waals surface area contributed by atoms with E-state index in [4.69, 9.17) is 5.11 Å². The highest BCUT2D eigenvalue weighted by Crippen LogP contribution is 2.26. The number of aliphatic hydroxyl groups is 1. The molecule has 0 saturated carbocycles. The minimum Gasteiger partial charge on any atom is -0.396 e. The van der Waals surface area contributed by atoms with Crippen molar-refractivity contribution in [3.8, 4) is 0 Å². The Labute approximate surface area is 128 Å². The second-order valence-electron chi connectivity index (χ2n) is 6.47. The summed E-state index contributed by atoms with van der Waals surface area (Å²) in [7, 11) is -3.57. The van der Waals surface area contributed by atoms with E-state index >= 15 is 0 Å². The number of hydrogen-bond acceptors (Lipinski definition) is 3. The molecule has 1 aromatic carbocycles. The van der Waals surface area contributed by atoms with Crippen molar-refractivity contribution in [1.82, 2.24) is 4.72 Å². The Balaban J connectivity index is 3.19. The first-order chi connectivity index (χ1) is 9.61. The molecule has 1 atom stereocenters. The second-order valence-corrected chi connectivity index (χ2v) is 8.15. The van der Waals surface area contributed by atoms with Crippen molar-refractivity contribution in [2.75, 3.05) is 6.61 Å². The SMILES string of the molecule is CCC(CCO)NS(=O)(=O)c1cc(C(C)(C)C)ccc1C. The van der Waals surface area contributed by atoms with Gasteiger partial charge in [-0.25, -0.2) is 13.1 Å². The molecule has 0 saturated heterocycles. The van der Waals surface area contributed by atoms with E-state index in [2.05, 4.69) is 25.5 Å². The molecule has 0 heterocycles. The zero-order valence-corrected chi connectivity index (χ0v) is 14.4. The number of sulfonamides is 1. The van der Waals surface area contributed by atoms with E-state index in [1.807, 2.05) is 19.1 Å². The molecule has 0 radical (unpaired) electrons. The molecular weight excluding hydrogens is 286 g/mol. The molecule has 1 unspecified atom stereocenters. The lowest BCUT2D eigenvalue weighted by Gasteiger charge is -2.22. The summed E-state index contributed by atoms with van der Waals surface area (Å²) in [6.45, 7) is 9.85. The van der Waals surface area contributed by atoms with Gasteiger partial charge in [-0.15, -0.1) is 0 Å². The van der Waals surface area contributed by atoms with Gasteiger partial charge in [0, 0.05) is 12.6 Å². The molecule has 21 heavy (non-hydrogen) atoms. The normalized spacial score (nSPS) is 14.2. The maximum atomic E-state index is 12.6. The van der Waals surface area contributed by atoms with Crippen LogP contribution in [-0.2, 0) is 15.4 Å². The first kappa shape index (κ1) is 18.1. The smallest absolute Gasteiger partial charge is 0.241 e. The first-order valence-corrected chi connectivity index (χ1v) is 8.84. The summed E-state index contributed by atoms with van der Waals surface area (Å²) in [4.78, 5) is 0.325. The van der Waals surface area contributed by atoms with Gasteiger partial charge in [0.25, 0.3) is 0 Å². The molecule has 1 aromatic rings. The third kappa shape index (κ3) is 4.80. The van der Waals surface area contributed by atoms with Gasteiger partial charge in [-0.3, -0.25) is 0 Å². The van der Waals surface area contributed by atoms with E-state index in [9.17, 15) is 8.42 Å². The van der Waals surface area contributed by atoms with E-state index in [-0.39, 0.29) is 18.1 Å². The van der Waals surface area contributed by atoms with Crippen LogP contribution >= 0.6 is 0 Å². The number of hydrogen-bond donors (Lipinski definition) is 2. The molecule has 2 N–H and O–H groups in total. The van der Waals surface area contributed by atoms with E-state index in [1.165, 1.54) is 0 Å². The summed E-state index contributed by atoms with van der Waals surface area (Å²) in [5.41, 5.74) is 1.62. The van der Waals surface area contributed by atoms with Gasteiger partial charge in [0.05, 0.1) is 4.90 Å². The zero-order chi connectivity index (χ0) is 16.3. The quantitative estimate of drug-likeness (QED) is 0.848. The van der Waals surface area contributed by atoms with Crippen molar-refractivity contribution in [1.29, 1.82) is 0 Å². The number of aryl methyl sites for hydroxylation is 1. The van der Waals surface area contributed by atoms with E-state index in [0.29, 0.717) is 17.7 Å². The predicted molar refractivity (Wildman–Crippen MR) is 86.0 cm³/mol. The first-order valence-electron chi connectivity index (χ1n) is 7.36. The van der Waals surface area contributed by atoms with Crippen LogP contribution in [-0.4, -0.2) is 26.2 Å². The van der Waals surface area contributed by atoms with Crippen molar-refractivity contribution >= 4 is 10.0 Å². The Morgan fingerprint density at radius 2 is 1.90 bits per heavy atom. The van der Waals surface area contributed by atoms with Crippen molar-refractivity contribution in [2.45, 2.75) is 63.8 Å². The van der Waals surface area contributed by atoms with Crippen LogP contribution in [0.4, 0.5) is 0 Å². The number of benzene rings is 1. The predicted octanol–water partition coefficient (Wildman–Crippen LogP) is 2.73. The van der Waals surface area contributed by atoms with Crippen LogP contribution < -0.4 is 4.72 Å². The third-order valence-corrected chi connectivity index (χ3v) is 5.30. The Kier molecular flexibility index (Phi) is 5.96. The summed E-state index contributed by atoms with van der Waals surface area (Å²) in [6.07, 6.45) is 1.07. The van der Waals surface area contributed by atoms with Gasteiger partial charge in [0.15, 0.2) is 0 Å². The molecule has 0 aliphatic rings. The lowest BCUT2D eigenvalue weighted by molar-refractivity contribution is 0.270. The third-order valence-electron chi connectivity index (χ3n) is 3.64. The minimum absolute atomic E-state index is 0.0258. The van der Waals surface area contributed by atoms with E-state index < -0.39 is 10.0 Å². The van der Waals surface area contributed by atoms with Crippen molar-refractivity contribution in [3.05, 3.63) is 29.3 Å². The highest BCUT2D eigenvalue weighted by atomic mass is 32.2. The van der Waals surface area contributed by atoms with Crippen LogP contribution in [0.2, 0.25) is 0 Å². The van der Waals surface area contributed by atoms with Gasteiger partial charge in [-0.1, -0.05) is 39.8 Å². The monoisotopic (exact) mass is 313 g/mol. The van der Waals surface area contributed by atoms with Gasteiger partial charge >= 0.3 is 0 Å². The molecule has 0 bridgehead atoms. The summed E-state index contributed by atoms with van der Waals surface area (Å²) in [5.74, 6) is 0. The molecule has 0 amide bonds. The van der Waals surface area contributed by atoms with Crippen LogP contribution in [0.5, 0.6) is 0 Å². The summed E-state index contributed by atoms with van der Waals surface area (Å²) in [6, 6.07) is 5.34. The van der Waals surface area contributed by atoms with Crippen LogP contribution in [0.1, 0.15) is 51.7 Å². The summed E-state index contributed by atoms with van der Waals surface area (Å²) >= 11 is 0. The maximum absolute atomic E-state index is 12.6. The molecule has 4 nitrogen and oxygen atoms in total. The van der Waals surface area contributed by atoms with Gasteiger partial charge in [-0.2, -0.15) is 0 Å². The number of rotatable bonds is 6. The van der Waals surface area contributed by atoms with Crippen LogP contribution in [0.15, 0.2) is 23.1 Å². The number of nitrogens with one attached hydrogen (secondary N) is 1. The fourth-order valence-electron chi connectivity index (χ4n) is 2.14. The Morgan fingerprint density at radius 3 is 2.38 bits per heavy atom. The zero-order valence-electron chi connectivity index (χ0n) is 13.6. The molecule has 0 aromatic heterocycles. The maximum Gasteiger partial charge on any atom is 0.241 e. The molecular formula is C16H27NO3S. The van der Waals surface area contributed by atoms with Gasteiger partial charge < -0.3 is 5.11 Å². The second kappa shape index (κ2) is 6.90. The molecule has 0 aliphatic heterocycles. The fraction of sp³-hybridized carbons (Fsp3) is 0.625. The average molecular weight is 313 g/mol. The lowest BCUT2D eigenvalue weighted by Crippen LogP contribution is -2.35. The van der Waals surface area contributed by atoms with Crippen LogP contribution in [0.3, 0.4) is 0 Å². The van der Waals surface area contributed by atoms with Gasteiger partial charge in [0.1, 0.15) is 0 Å². The molecule has 5 heteroatoms.